The van der Waals surface area contributed by atoms with Crippen LogP contribution in [-0.4, -0.2) is 31.1 Å². The van der Waals surface area contributed by atoms with Gasteiger partial charge >= 0.3 is 5.97 Å². The van der Waals surface area contributed by atoms with E-state index in [1.807, 2.05) is 6.92 Å². The number of halogens is 1. The third kappa shape index (κ3) is 5.90. The van der Waals surface area contributed by atoms with E-state index in [2.05, 4.69) is 10.6 Å². The molecule has 1 aliphatic carbocycles. The predicted molar refractivity (Wildman–Crippen MR) is 102 cm³/mol. The van der Waals surface area contributed by atoms with Crippen molar-refractivity contribution in [3.8, 4) is 0 Å². The van der Waals surface area contributed by atoms with Crippen molar-refractivity contribution < 1.29 is 14.3 Å². The Kier molecular flexibility index (Phi) is 8.72. The Hall–Kier alpha value is -1.79. The highest BCUT2D eigenvalue weighted by molar-refractivity contribution is 5.98. The summed E-state index contributed by atoms with van der Waals surface area (Å²) < 4.78 is 5.02. The summed E-state index contributed by atoms with van der Waals surface area (Å²) in [5, 5.41) is 6.11. The maximum absolute atomic E-state index is 12.4. The summed E-state index contributed by atoms with van der Waals surface area (Å²) >= 11 is 0. The number of hydrogen-bond acceptors (Lipinski definition) is 5. The van der Waals surface area contributed by atoms with Crippen molar-refractivity contribution in [2.24, 2.45) is 11.7 Å². The van der Waals surface area contributed by atoms with Crippen LogP contribution < -0.4 is 16.4 Å². The Morgan fingerprint density at radius 1 is 1.24 bits per heavy atom. The Labute approximate surface area is 155 Å². The van der Waals surface area contributed by atoms with E-state index in [9.17, 15) is 9.59 Å². The number of anilines is 2. The summed E-state index contributed by atoms with van der Waals surface area (Å²) in [5.41, 5.74) is 7.85. The molecule has 2 rings (SSSR count). The second-order valence-corrected chi connectivity index (χ2v) is 6.12. The quantitative estimate of drug-likeness (QED) is 0.642. The number of carbonyl (C=O) groups excluding carboxylic acids is 2. The first-order valence-corrected chi connectivity index (χ1v) is 8.65. The minimum Gasteiger partial charge on any atom is -0.462 e. The van der Waals surface area contributed by atoms with Crippen molar-refractivity contribution in [3.63, 3.8) is 0 Å². The summed E-state index contributed by atoms with van der Waals surface area (Å²) in [7, 11) is 0. The van der Waals surface area contributed by atoms with Crippen LogP contribution in [0.3, 0.4) is 0 Å². The van der Waals surface area contributed by atoms with Crippen LogP contribution in [-0.2, 0) is 9.53 Å². The zero-order valence-corrected chi connectivity index (χ0v) is 15.7. The smallest absolute Gasteiger partial charge is 0.338 e. The van der Waals surface area contributed by atoms with E-state index in [1.165, 1.54) is 0 Å². The summed E-state index contributed by atoms with van der Waals surface area (Å²) in [6, 6.07) is 5.24. The fourth-order valence-electron chi connectivity index (χ4n) is 3.09. The van der Waals surface area contributed by atoms with E-state index in [4.69, 9.17) is 10.5 Å². The van der Waals surface area contributed by atoms with E-state index in [-0.39, 0.29) is 30.3 Å². The highest BCUT2D eigenvalue weighted by atomic mass is 35.5. The van der Waals surface area contributed by atoms with Gasteiger partial charge in [0, 0.05) is 19.0 Å². The average Bonchev–Trinajstić information content (AvgIpc) is 2.94. The number of nitrogens with two attached hydrogens (primary N) is 1. The van der Waals surface area contributed by atoms with E-state index in [0.717, 1.165) is 31.5 Å². The van der Waals surface area contributed by atoms with Crippen LogP contribution in [0.1, 0.15) is 49.9 Å². The Morgan fingerprint density at radius 3 is 2.60 bits per heavy atom. The normalized spacial score (nSPS) is 19.0. The predicted octanol–water partition coefficient (Wildman–Crippen LogP) is 3.17. The second kappa shape index (κ2) is 10.3. The first-order valence-electron chi connectivity index (χ1n) is 8.65. The molecule has 2 atom stereocenters. The standard InChI is InChI=1S/C18H27N3O3.ClH/c1-3-20-15-9-8-13(18(23)24-4-2)10-16(15)21-17(22)11-12-6-5-7-14(12)19;/h8-10,12,14,20H,3-7,11,19H2,1-2H3,(H,21,22);1H/t12-,14+;/m0./s1. The van der Waals surface area contributed by atoms with Crippen LogP contribution in [0, 0.1) is 5.92 Å². The summed E-state index contributed by atoms with van der Waals surface area (Å²) in [6.07, 6.45) is 3.48. The minimum atomic E-state index is -0.395. The zero-order valence-electron chi connectivity index (χ0n) is 14.8. The van der Waals surface area contributed by atoms with Crippen LogP contribution in [0.5, 0.6) is 0 Å². The maximum atomic E-state index is 12.4. The fraction of sp³-hybridized carbons (Fsp3) is 0.556. The van der Waals surface area contributed by atoms with Crippen molar-refractivity contribution in [2.75, 3.05) is 23.8 Å². The summed E-state index contributed by atoms with van der Waals surface area (Å²) in [5.74, 6) is -0.229. The van der Waals surface area contributed by atoms with Gasteiger partial charge in [-0.05, 0) is 50.8 Å². The molecule has 0 heterocycles. The largest absolute Gasteiger partial charge is 0.462 e. The first-order chi connectivity index (χ1) is 11.5. The second-order valence-electron chi connectivity index (χ2n) is 6.12. The number of amides is 1. The molecule has 0 aromatic heterocycles. The molecule has 0 unspecified atom stereocenters. The molecular formula is C18H28ClN3O3. The lowest BCUT2D eigenvalue weighted by atomic mass is 10.00. The number of benzene rings is 1. The summed E-state index contributed by atoms with van der Waals surface area (Å²) in [6.45, 7) is 4.77. The molecule has 7 heteroatoms. The highest BCUT2D eigenvalue weighted by Crippen LogP contribution is 2.28. The Balaban J connectivity index is 0.00000312. The third-order valence-corrected chi connectivity index (χ3v) is 4.34. The van der Waals surface area contributed by atoms with E-state index in [1.54, 1.807) is 25.1 Å². The molecule has 1 aromatic rings. The van der Waals surface area contributed by atoms with Gasteiger partial charge in [-0.15, -0.1) is 12.4 Å². The lowest BCUT2D eigenvalue weighted by Gasteiger charge is -2.17. The van der Waals surface area contributed by atoms with Gasteiger partial charge in [-0.1, -0.05) is 6.42 Å². The minimum absolute atomic E-state index is 0. The molecular weight excluding hydrogens is 342 g/mol. The van der Waals surface area contributed by atoms with Crippen LogP contribution in [0.2, 0.25) is 0 Å². The number of esters is 1. The summed E-state index contributed by atoms with van der Waals surface area (Å²) in [4.78, 5) is 24.3. The van der Waals surface area contributed by atoms with Gasteiger partial charge < -0.3 is 21.1 Å². The lowest BCUT2D eigenvalue weighted by Crippen LogP contribution is -2.28. The van der Waals surface area contributed by atoms with Gasteiger partial charge in [0.2, 0.25) is 5.91 Å². The number of nitrogens with one attached hydrogen (secondary N) is 2. The molecule has 25 heavy (non-hydrogen) atoms. The van der Waals surface area contributed by atoms with Crippen molar-refractivity contribution in [1.82, 2.24) is 0 Å². The molecule has 4 N–H and O–H groups in total. The van der Waals surface area contributed by atoms with Crippen LogP contribution in [0.4, 0.5) is 11.4 Å². The number of carbonyl (C=O) groups is 2. The SMILES string of the molecule is CCNc1ccc(C(=O)OCC)cc1NC(=O)C[C@@H]1CCC[C@H]1N.Cl. The van der Waals surface area contributed by atoms with E-state index < -0.39 is 5.97 Å². The molecule has 1 aromatic carbocycles. The topological polar surface area (TPSA) is 93.5 Å². The van der Waals surface area contributed by atoms with Gasteiger partial charge in [0.15, 0.2) is 0 Å². The van der Waals surface area contributed by atoms with Crippen molar-refractivity contribution in [3.05, 3.63) is 23.8 Å². The lowest BCUT2D eigenvalue weighted by molar-refractivity contribution is -0.117. The van der Waals surface area contributed by atoms with Gasteiger partial charge in [0.25, 0.3) is 0 Å². The van der Waals surface area contributed by atoms with Gasteiger partial charge in [-0.25, -0.2) is 4.79 Å². The molecule has 0 saturated heterocycles. The van der Waals surface area contributed by atoms with Gasteiger partial charge in [-0.2, -0.15) is 0 Å². The average molecular weight is 370 g/mol. The fourth-order valence-corrected chi connectivity index (χ4v) is 3.09. The zero-order chi connectivity index (χ0) is 17.5. The van der Waals surface area contributed by atoms with Gasteiger partial charge in [-0.3, -0.25) is 4.79 Å². The number of hydrogen-bond donors (Lipinski definition) is 3. The molecule has 1 amide bonds. The molecule has 0 aliphatic heterocycles. The van der Waals surface area contributed by atoms with E-state index in [0.29, 0.717) is 24.3 Å². The molecule has 1 saturated carbocycles. The van der Waals surface area contributed by atoms with Crippen molar-refractivity contribution >= 4 is 35.7 Å². The molecule has 0 spiro atoms. The Morgan fingerprint density at radius 2 is 2.00 bits per heavy atom. The molecule has 1 aliphatic rings. The molecule has 6 nitrogen and oxygen atoms in total. The van der Waals surface area contributed by atoms with Crippen LogP contribution in [0.25, 0.3) is 0 Å². The van der Waals surface area contributed by atoms with Crippen molar-refractivity contribution in [2.45, 2.75) is 45.6 Å². The van der Waals surface area contributed by atoms with Crippen molar-refractivity contribution in [1.29, 1.82) is 0 Å². The highest BCUT2D eigenvalue weighted by Gasteiger charge is 2.26. The maximum Gasteiger partial charge on any atom is 0.338 e. The third-order valence-electron chi connectivity index (χ3n) is 4.34. The molecule has 140 valence electrons. The monoisotopic (exact) mass is 369 g/mol. The number of rotatable bonds is 7. The van der Waals surface area contributed by atoms with Gasteiger partial charge in [0.1, 0.15) is 0 Å². The number of ether oxygens (including phenoxy) is 1. The van der Waals surface area contributed by atoms with Crippen LogP contribution >= 0.6 is 12.4 Å². The van der Waals surface area contributed by atoms with E-state index >= 15 is 0 Å². The Bertz CT molecular complexity index is 595. The molecule has 1 fully saturated rings. The molecule has 0 bridgehead atoms. The first kappa shape index (κ1) is 21.3. The van der Waals surface area contributed by atoms with Crippen LogP contribution in [0.15, 0.2) is 18.2 Å². The van der Waals surface area contributed by atoms with Gasteiger partial charge in [0.05, 0.1) is 23.5 Å². The molecule has 0 radical (unpaired) electrons.